The van der Waals surface area contributed by atoms with Crippen LogP contribution >= 0.6 is 23.2 Å². The Labute approximate surface area is 120 Å². The number of nitrogens with zero attached hydrogens (tertiary/aromatic N) is 1. The zero-order valence-corrected chi connectivity index (χ0v) is 11.4. The van der Waals surface area contributed by atoms with E-state index in [4.69, 9.17) is 28.5 Å². The highest BCUT2D eigenvalue weighted by molar-refractivity contribution is 6.42. The Morgan fingerprint density at radius 1 is 1.16 bits per heavy atom. The molecule has 1 aromatic rings. The first kappa shape index (κ1) is 15.3. The van der Waals surface area contributed by atoms with Crippen molar-refractivity contribution in [3.8, 4) is 6.07 Å². The Morgan fingerprint density at radius 3 is 2.47 bits per heavy atom. The van der Waals surface area contributed by atoms with Crippen molar-refractivity contribution in [2.24, 2.45) is 0 Å². The van der Waals surface area contributed by atoms with E-state index in [1.165, 1.54) is 12.1 Å². The van der Waals surface area contributed by atoms with Crippen LogP contribution in [0.4, 0.5) is 0 Å². The summed E-state index contributed by atoms with van der Waals surface area (Å²) < 4.78 is 0. The Hall–Kier alpha value is -1.77. The van der Waals surface area contributed by atoms with E-state index < -0.39 is 0 Å². The molecule has 0 aromatic heterocycles. The van der Waals surface area contributed by atoms with Crippen LogP contribution in [0.1, 0.15) is 16.8 Å². The molecule has 0 spiro atoms. The van der Waals surface area contributed by atoms with Gasteiger partial charge in [-0.2, -0.15) is 5.26 Å². The van der Waals surface area contributed by atoms with E-state index in [2.05, 4.69) is 10.6 Å². The maximum atomic E-state index is 11.7. The third kappa shape index (κ3) is 5.16. The third-order valence-electron chi connectivity index (χ3n) is 2.15. The quantitative estimate of drug-likeness (QED) is 0.813. The van der Waals surface area contributed by atoms with Gasteiger partial charge >= 0.3 is 0 Å². The first-order valence-corrected chi connectivity index (χ1v) is 6.17. The van der Waals surface area contributed by atoms with E-state index in [0.717, 1.165) is 0 Å². The van der Waals surface area contributed by atoms with Crippen molar-refractivity contribution in [1.29, 1.82) is 5.26 Å². The third-order valence-corrected chi connectivity index (χ3v) is 2.89. The van der Waals surface area contributed by atoms with Gasteiger partial charge in [-0.3, -0.25) is 9.59 Å². The molecule has 0 aliphatic carbocycles. The molecule has 0 radical (unpaired) electrons. The highest BCUT2D eigenvalue weighted by Crippen LogP contribution is 2.22. The number of carbonyl (C=O) groups is 2. The molecular weight excluding hydrogens is 289 g/mol. The molecule has 0 heterocycles. The number of rotatable bonds is 5. The number of halogens is 2. The van der Waals surface area contributed by atoms with E-state index in [1.54, 1.807) is 12.1 Å². The first-order valence-electron chi connectivity index (χ1n) is 5.41. The van der Waals surface area contributed by atoms with Crippen LogP contribution in [0.3, 0.4) is 0 Å². The Morgan fingerprint density at radius 2 is 1.84 bits per heavy atom. The fraction of sp³-hybridized carbons (Fsp3) is 0.250. The molecule has 0 aliphatic rings. The van der Waals surface area contributed by atoms with Crippen molar-refractivity contribution < 1.29 is 9.59 Å². The van der Waals surface area contributed by atoms with E-state index in [9.17, 15) is 9.59 Å². The molecule has 2 amide bonds. The van der Waals surface area contributed by atoms with Crippen LogP contribution in [0.15, 0.2) is 18.2 Å². The number of benzene rings is 1. The smallest absolute Gasteiger partial charge is 0.251 e. The van der Waals surface area contributed by atoms with Gasteiger partial charge in [0, 0.05) is 18.7 Å². The van der Waals surface area contributed by atoms with Gasteiger partial charge in [-0.25, -0.2) is 0 Å². The SMILES string of the molecule is N#CCC(=O)NCCNC(=O)c1ccc(Cl)c(Cl)c1. The predicted molar refractivity (Wildman–Crippen MR) is 72.0 cm³/mol. The Balaban J connectivity index is 2.37. The largest absolute Gasteiger partial charge is 0.353 e. The molecule has 0 bridgehead atoms. The molecule has 0 atom stereocenters. The van der Waals surface area contributed by atoms with Crippen molar-refractivity contribution in [2.45, 2.75) is 6.42 Å². The van der Waals surface area contributed by atoms with Gasteiger partial charge < -0.3 is 10.6 Å². The van der Waals surface area contributed by atoms with Crippen molar-refractivity contribution in [3.05, 3.63) is 33.8 Å². The van der Waals surface area contributed by atoms with Crippen LogP contribution in [0, 0.1) is 11.3 Å². The molecule has 5 nitrogen and oxygen atoms in total. The fourth-order valence-electron chi connectivity index (χ4n) is 1.25. The van der Waals surface area contributed by atoms with Crippen LogP contribution in [-0.4, -0.2) is 24.9 Å². The molecule has 0 aliphatic heterocycles. The molecule has 100 valence electrons. The van der Waals surface area contributed by atoms with E-state index in [1.807, 2.05) is 0 Å². The lowest BCUT2D eigenvalue weighted by Gasteiger charge is -2.06. The fourth-order valence-corrected chi connectivity index (χ4v) is 1.55. The number of nitrogens with one attached hydrogen (secondary N) is 2. The zero-order valence-electron chi connectivity index (χ0n) is 9.87. The lowest BCUT2D eigenvalue weighted by atomic mass is 10.2. The summed E-state index contributed by atoms with van der Waals surface area (Å²) >= 11 is 11.5. The first-order chi connectivity index (χ1) is 9.04. The second-order valence-corrected chi connectivity index (χ2v) is 4.38. The van der Waals surface area contributed by atoms with Crippen LogP contribution in [0.25, 0.3) is 0 Å². The predicted octanol–water partition coefficient (Wildman–Crippen LogP) is 1.75. The minimum atomic E-state index is -0.369. The topological polar surface area (TPSA) is 82.0 Å². The number of carbonyl (C=O) groups excluding carboxylic acids is 2. The molecule has 0 unspecified atom stereocenters. The minimum absolute atomic E-state index is 0.194. The maximum absolute atomic E-state index is 11.7. The van der Waals surface area contributed by atoms with Crippen LogP contribution < -0.4 is 10.6 Å². The van der Waals surface area contributed by atoms with Gasteiger partial charge in [0.15, 0.2) is 0 Å². The van der Waals surface area contributed by atoms with Gasteiger partial charge in [-0.1, -0.05) is 23.2 Å². The molecular formula is C12H11Cl2N3O2. The lowest BCUT2D eigenvalue weighted by molar-refractivity contribution is -0.120. The summed E-state index contributed by atoms with van der Waals surface area (Å²) in [6, 6.07) is 6.28. The highest BCUT2D eigenvalue weighted by Gasteiger charge is 2.07. The summed E-state index contributed by atoms with van der Waals surface area (Å²) in [5.74, 6) is -0.681. The lowest BCUT2D eigenvalue weighted by Crippen LogP contribution is -2.34. The van der Waals surface area contributed by atoms with Crippen molar-refractivity contribution in [2.75, 3.05) is 13.1 Å². The molecule has 1 rings (SSSR count). The van der Waals surface area contributed by atoms with Gasteiger partial charge in [0.25, 0.3) is 5.91 Å². The van der Waals surface area contributed by atoms with Crippen LogP contribution in [0.5, 0.6) is 0 Å². The van der Waals surface area contributed by atoms with Crippen LogP contribution in [0.2, 0.25) is 10.0 Å². The molecule has 19 heavy (non-hydrogen) atoms. The molecule has 0 saturated carbocycles. The second kappa shape index (κ2) is 7.62. The molecule has 7 heteroatoms. The molecule has 0 fully saturated rings. The second-order valence-electron chi connectivity index (χ2n) is 3.57. The highest BCUT2D eigenvalue weighted by atomic mass is 35.5. The summed E-state index contributed by atoms with van der Waals surface area (Å²) in [6.45, 7) is 0.518. The van der Waals surface area contributed by atoms with Crippen molar-refractivity contribution in [1.82, 2.24) is 10.6 Å². The molecule has 0 saturated heterocycles. The van der Waals surface area contributed by atoms with Crippen molar-refractivity contribution in [3.63, 3.8) is 0 Å². The zero-order chi connectivity index (χ0) is 14.3. The average Bonchev–Trinajstić information content (AvgIpc) is 2.38. The molecule has 2 N–H and O–H groups in total. The summed E-state index contributed by atoms with van der Waals surface area (Å²) in [5, 5.41) is 14.0. The Bertz CT molecular complexity index is 526. The van der Waals surface area contributed by atoms with Crippen molar-refractivity contribution >= 4 is 35.0 Å². The number of hydrogen-bond donors (Lipinski definition) is 2. The van der Waals surface area contributed by atoms with Gasteiger partial charge in [-0.15, -0.1) is 0 Å². The number of amides is 2. The summed E-state index contributed by atoms with van der Waals surface area (Å²) in [5.41, 5.74) is 0.387. The number of nitriles is 1. The molecule has 1 aromatic carbocycles. The normalized spacial score (nSPS) is 9.53. The van der Waals surface area contributed by atoms with Crippen LogP contribution in [-0.2, 0) is 4.79 Å². The van der Waals surface area contributed by atoms with E-state index in [-0.39, 0.29) is 31.3 Å². The van der Waals surface area contributed by atoms with Gasteiger partial charge in [0.1, 0.15) is 6.42 Å². The van der Waals surface area contributed by atoms with Gasteiger partial charge in [0.05, 0.1) is 16.1 Å². The maximum Gasteiger partial charge on any atom is 0.251 e. The number of hydrogen-bond acceptors (Lipinski definition) is 3. The van der Waals surface area contributed by atoms with Gasteiger partial charge in [0.2, 0.25) is 5.91 Å². The summed E-state index contributed by atoms with van der Waals surface area (Å²) in [6.07, 6.45) is -0.194. The average molecular weight is 300 g/mol. The van der Waals surface area contributed by atoms with E-state index >= 15 is 0 Å². The summed E-state index contributed by atoms with van der Waals surface area (Å²) in [7, 11) is 0. The van der Waals surface area contributed by atoms with E-state index in [0.29, 0.717) is 15.6 Å². The summed E-state index contributed by atoms with van der Waals surface area (Å²) in [4.78, 5) is 22.7. The monoisotopic (exact) mass is 299 g/mol. The Kier molecular flexibility index (Phi) is 6.13. The standard InChI is InChI=1S/C12H11Cl2N3O2/c13-9-2-1-8(7-10(9)14)12(19)17-6-5-16-11(18)3-4-15/h1-2,7H,3,5-6H2,(H,16,18)(H,17,19). The van der Waals surface area contributed by atoms with Gasteiger partial charge in [-0.05, 0) is 18.2 Å². The minimum Gasteiger partial charge on any atom is -0.353 e.